The molecule has 1 unspecified atom stereocenters. The molecule has 2 aromatic heterocycles. The lowest BCUT2D eigenvalue weighted by Gasteiger charge is -2.35. The van der Waals surface area contributed by atoms with Crippen molar-refractivity contribution in [2.75, 3.05) is 50.9 Å². The van der Waals surface area contributed by atoms with E-state index in [0.717, 1.165) is 42.4 Å². The van der Waals surface area contributed by atoms with Crippen LogP contribution in [-0.4, -0.2) is 76.7 Å². The van der Waals surface area contributed by atoms with Gasteiger partial charge in [0.05, 0.1) is 49.4 Å². The molecule has 5 rings (SSSR count). The monoisotopic (exact) mass is 396 g/mol. The molecule has 3 aliphatic rings. The molecule has 0 bridgehead atoms. The summed E-state index contributed by atoms with van der Waals surface area (Å²) in [7, 11) is 0. The molecule has 0 aliphatic carbocycles. The molecule has 2 fully saturated rings. The van der Waals surface area contributed by atoms with E-state index in [9.17, 15) is 4.79 Å². The van der Waals surface area contributed by atoms with Crippen molar-refractivity contribution in [2.24, 2.45) is 0 Å². The zero-order valence-corrected chi connectivity index (χ0v) is 16.5. The number of ether oxygens (including phenoxy) is 2. The van der Waals surface area contributed by atoms with Crippen molar-refractivity contribution < 1.29 is 14.3 Å². The molecule has 0 saturated carbocycles. The second-order valence-electron chi connectivity index (χ2n) is 7.94. The summed E-state index contributed by atoms with van der Waals surface area (Å²) in [6, 6.07) is 0. The summed E-state index contributed by atoms with van der Waals surface area (Å²) in [4.78, 5) is 34.9. The van der Waals surface area contributed by atoms with Gasteiger partial charge in [-0.2, -0.15) is 0 Å². The summed E-state index contributed by atoms with van der Waals surface area (Å²) in [5.74, 6) is 0.645. The van der Waals surface area contributed by atoms with Crippen LogP contribution >= 0.6 is 0 Å². The van der Waals surface area contributed by atoms with E-state index in [1.165, 1.54) is 0 Å². The van der Waals surface area contributed by atoms with Crippen LogP contribution in [0, 0.1) is 6.92 Å². The van der Waals surface area contributed by atoms with Crippen molar-refractivity contribution >= 4 is 11.9 Å². The standard InChI is InChI=1S/C20H24N6O3/c1-14-8-22-16(10-21-14)18(27)26-3-2-20(12-26)13-29-11-15-9-23-19(24-17(15)20)25-4-6-28-7-5-25/h8-10H,2-7,11-13H2,1H3. The number of carbonyl (C=O) groups excluding carboxylic acids is 1. The van der Waals surface area contributed by atoms with Gasteiger partial charge >= 0.3 is 0 Å². The number of rotatable bonds is 2. The van der Waals surface area contributed by atoms with Crippen LogP contribution in [0.15, 0.2) is 18.6 Å². The molecule has 1 atom stereocenters. The van der Waals surface area contributed by atoms with Crippen molar-refractivity contribution in [1.29, 1.82) is 0 Å². The van der Waals surface area contributed by atoms with Crippen LogP contribution < -0.4 is 4.90 Å². The smallest absolute Gasteiger partial charge is 0.274 e. The summed E-state index contributed by atoms with van der Waals surface area (Å²) in [6.07, 6.45) is 5.86. The van der Waals surface area contributed by atoms with Crippen LogP contribution in [0.4, 0.5) is 5.95 Å². The van der Waals surface area contributed by atoms with Gasteiger partial charge in [0, 0.05) is 44.1 Å². The molecule has 0 radical (unpaired) electrons. The maximum atomic E-state index is 12.9. The Kier molecular flexibility index (Phi) is 4.63. The van der Waals surface area contributed by atoms with Crippen LogP contribution in [-0.2, 0) is 21.5 Å². The molecule has 0 aromatic carbocycles. The molecule has 2 aromatic rings. The fraction of sp³-hybridized carbons (Fsp3) is 0.550. The largest absolute Gasteiger partial charge is 0.378 e. The van der Waals surface area contributed by atoms with Crippen molar-refractivity contribution in [1.82, 2.24) is 24.8 Å². The topological polar surface area (TPSA) is 93.6 Å². The van der Waals surface area contributed by atoms with Gasteiger partial charge in [-0.1, -0.05) is 0 Å². The molecule has 152 valence electrons. The normalized spacial score (nSPS) is 24.0. The highest BCUT2D eigenvalue weighted by molar-refractivity contribution is 5.92. The minimum Gasteiger partial charge on any atom is -0.378 e. The highest BCUT2D eigenvalue weighted by Gasteiger charge is 2.46. The van der Waals surface area contributed by atoms with E-state index in [1.807, 2.05) is 18.0 Å². The van der Waals surface area contributed by atoms with E-state index >= 15 is 0 Å². The van der Waals surface area contributed by atoms with E-state index in [1.54, 1.807) is 12.4 Å². The molecule has 0 N–H and O–H groups in total. The molecular formula is C20H24N6O3. The van der Waals surface area contributed by atoms with Crippen molar-refractivity contribution in [3.63, 3.8) is 0 Å². The maximum absolute atomic E-state index is 12.9. The lowest BCUT2D eigenvalue weighted by molar-refractivity contribution is 0.0482. The van der Waals surface area contributed by atoms with Crippen molar-refractivity contribution in [3.05, 3.63) is 41.2 Å². The Morgan fingerprint density at radius 3 is 2.72 bits per heavy atom. The third-order valence-corrected chi connectivity index (χ3v) is 5.93. The third kappa shape index (κ3) is 3.34. The fourth-order valence-corrected chi connectivity index (χ4v) is 4.32. The fourth-order valence-electron chi connectivity index (χ4n) is 4.32. The average Bonchev–Trinajstić information content (AvgIpc) is 3.19. The number of hydrogen-bond acceptors (Lipinski definition) is 8. The number of hydrogen-bond donors (Lipinski definition) is 0. The molecule has 9 nitrogen and oxygen atoms in total. The number of anilines is 1. The minimum absolute atomic E-state index is 0.0936. The SMILES string of the molecule is Cc1cnc(C(=O)N2CCC3(COCc4cnc(N5CCOCC5)nc43)C2)cn1. The molecule has 2 saturated heterocycles. The van der Waals surface area contributed by atoms with Gasteiger partial charge in [0.2, 0.25) is 5.95 Å². The summed E-state index contributed by atoms with van der Waals surface area (Å²) in [5, 5.41) is 0. The van der Waals surface area contributed by atoms with Crippen LogP contribution in [0.25, 0.3) is 0 Å². The summed E-state index contributed by atoms with van der Waals surface area (Å²) in [5.41, 5.74) is 2.90. The van der Waals surface area contributed by atoms with Crippen LogP contribution in [0.2, 0.25) is 0 Å². The highest BCUT2D eigenvalue weighted by atomic mass is 16.5. The first kappa shape index (κ1) is 18.4. The first-order valence-corrected chi connectivity index (χ1v) is 9.99. The van der Waals surface area contributed by atoms with Gasteiger partial charge in [-0.05, 0) is 13.3 Å². The van der Waals surface area contributed by atoms with Crippen molar-refractivity contribution in [3.8, 4) is 0 Å². The molecular weight excluding hydrogens is 372 g/mol. The van der Waals surface area contributed by atoms with E-state index in [2.05, 4.69) is 19.9 Å². The van der Waals surface area contributed by atoms with Gasteiger partial charge < -0.3 is 19.3 Å². The Bertz CT molecular complexity index is 915. The van der Waals surface area contributed by atoms with Gasteiger partial charge in [0.1, 0.15) is 5.69 Å². The van der Waals surface area contributed by atoms with E-state index in [4.69, 9.17) is 14.5 Å². The van der Waals surface area contributed by atoms with Crippen LogP contribution in [0.5, 0.6) is 0 Å². The lowest BCUT2D eigenvalue weighted by Crippen LogP contribution is -2.43. The first-order valence-electron chi connectivity index (χ1n) is 9.99. The minimum atomic E-state index is -0.300. The van der Waals surface area contributed by atoms with Gasteiger partial charge in [-0.3, -0.25) is 9.78 Å². The number of morpholine rings is 1. The second kappa shape index (κ2) is 7.31. The highest BCUT2D eigenvalue weighted by Crippen LogP contribution is 2.39. The number of likely N-dealkylation sites (tertiary alicyclic amines) is 1. The molecule has 29 heavy (non-hydrogen) atoms. The number of aromatic nitrogens is 4. The molecule has 3 aliphatic heterocycles. The summed E-state index contributed by atoms with van der Waals surface area (Å²) >= 11 is 0. The Labute approximate surface area is 169 Å². The number of nitrogens with zero attached hydrogens (tertiary/aromatic N) is 6. The summed E-state index contributed by atoms with van der Waals surface area (Å²) in [6.45, 7) is 7.10. The predicted octanol–water partition coefficient (Wildman–Crippen LogP) is 0.726. The van der Waals surface area contributed by atoms with E-state index < -0.39 is 0 Å². The van der Waals surface area contributed by atoms with Crippen LogP contribution in [0.3, 0.4) is 0 Å². The van der Waals surface area contributed by atoms with E-state index in [0.29, 0.717) is 45.2 Å². The zero-order chi connectivity index (χ0) is 19.8. The number of amides is 1. The maximum Gasteiger partial charge on any atom is 0.274 e. The Balaban J connectivity index is 1.42. The van der Waals surface area contributed by atoms with Crippen molar-refractivity contribution in [2.45, 2.75) is 25.4 Å². The second-order valence-corrected chi connectivity index (χ2v) is 7.94. The number of aryl methyl sites for hydroxylation is 1. The Morgan fingerprint density at radius 1 is 1.07 bits per heavy atom. The molecule has 1 amide bonds. The Morgan fingerprint density at radius 2 is 1.93 bits per heavy atom. The summed E-state index contributed by atoms with van der Waals surface area (Å²) < 4.78 is 11.3. The van der Waals surface area contributed by atoms with Gasteiger partial charge in [0.25, 0.3) is 5.91 Å². The van der Waals surface area contributed by atoms with Gasteiger partial charge in [0.15, 0.2) is 0 Å². The van der Waals surface area contributed by atoms with Crippen LogP contribution in [0.1, 0.15) is 33.9 Å². The van der Waals surface area contributed by atoms with Gasteiger partial charge in [-0.25, -0.2) is 15.0 Å². The lowest BCUT2D eigenvalue weighted by atomic mass is 9.80. The zero-order valence-electron chi connectivity index (χ0n) is 16.5. The first-order chi connectivity index (χ1) is 14.1. The number of carbonyl (C=O) groups is 1. The Hall–Kier alpha value is -2.65. The molecule has 1 spiro atoms. The van der Waals surface area contributed by atoms with Gasteiger partial charge in [-0.15, -0.1) is 0 Å². The molecule has 9 heteroatoms. The molecule has 5 heterocycles. The van der Waals surface area contributed by atoms with E-state index in [-0.39, 0.29) is 11.3 Å². The predicted molar refractivity (Wildman–Crippen MR) is 104 cm³/mol. The quantitative estimate of drug-likeness (QED) is 0.733. The number of fused-ring (bicyclic) bond motifs is 2. The third-order valence-electron chi connectivity index (χ3n) is 5.93. The average molecular weight is 396 g/mol.